The molecule has 2 aromatic heterocycles. The predicted molar refractivity (Wildman–Crippen MR) is 100 cm³/mol. The number of piperidine rings is 1. The van der Waals surface area contributed by atoms with E-state index in [2.05, 4.69) is 20.3 Å². The molecule has 5 nitrogen and oxygen atoms in total. The summed E-state index contributed by atoms with van der Waals surface area (Å²) in [6, 6.07) is 5.90. The van der Waals surface area contributed by atoms with Crippen molar-refractivity contribution in [3.8, 4) is 16.9 Å². The third-order valence-corrected chi connectivity index (χ3v) is 4.79. The number of benzene rings is 1. The van der Waals surface area contributed by atoms with Crippen LogP contribution in [0.15, 0.2) is 24.4 Å². The van der Waals surface area contributed by atoms with Crippen molar-refractivity contribution in [1.82, 2.24) is 20.3 Å². The highest BCUT2D eigenvalue weighted by atomic mass is 35.5. The molecule has 6 heteroatoms. The van der Waals surface area contributed by atoms with Gasteiger partial charge in [-0.3, -0.25) is 0 Å². The Morgan fingerprint density at radius 3 is 2.92 bits per heavy atom. The van der Waals surface area contributed by atoms with Crippen LogP contribution in [0.1, 0.15) is 24.2 Å². The second kappa shape index (κ2) is 6.65. The zero-order chi connectivity index (χ0) is 17.4. The van der Waals surface area contributed by atoms with Crippen molar-refractivity contribution in [3.63, 3.8) is 0 Å². The molecule has 25 heavy (non-hydrogen) atoms. The van der Waals surface area contributed by atoms with E-state index in [1.165, 1.54) is 0 Å². The molecule has 0 bridgehead atoms. The summed E-state index contributed by atoms with van der Waals surface area (Å²) in [6.07, 6.45) is 4.14. The molecular weight excluding hydrogens is 336 g/mol. The number of imidazole rings is 1. The van der Waals surface area contributed by atoms with Crippen LogP contribution in [0.5, 0.6) is 5.75 Å². The molecule has 1 unspecified atom stereocenters. The van der Waals surface area contributed by atoms with E-state index in [1.54, 1.807) is 6.20 Å². The van der Waals surface area contributed by atoms with Crippen molar-refractivity contribution in [2.45, 2.75) is 32.8 Å². The van der Waals surface area contributed by atoms with E-state index in [1.807, 2.05) is 32.0 Å². The summed E-state index contributed by atoms with van der Waals surface area (Å²) in [5, 5.41) is 4.10. The molecule has 0 radical (unpaired) electrons. The van der Waals surface area contributed by atoms with Crippen LogP contribution < -0.4 is 10.1 Å². The lowest BCUT2D eigenvalue weighted by atomic mass is 10.0. The maximum absolute atomic E-state index is 6.41. The van der Waals surface area contributed by atoms with Crippen LogP contribution in [0.2, 0.25) is 5.02 Å². The molecule has 1 fully saturated rings. The highest BCUT2D eigenvalue weighted by molar-refractivity contribution is 6.31. The van der Waals surface area contributed by atoms with Gasteiger partial charge in [0.15, 0.2) is 5.65 Å². The second-order valence-corrected chi connectivity index (χ2v) is 7.00. The maximum Gasteiger partial charge on any atom is 0.178 e. The van der Waals surface area contributed by atoms with Gasteiger partial charge in [-0.15, -0.1) is 0 Å². The monoisotopic (exact) mass is 356 g/mol. The van der Waals surface area contributed by atoms with Gasteiger partial charge in [0.05, 0.1) is 5.52 Å². The molecule has 0 amide bonds. The van der Waals surface area contributed by atoms with Gasteiger partial charge < -0.3 is 15.0 Å². The number of H-pyrrole nitrogens is 1. The number of rotatable bonds is 3. The summed E-state index contributed by atoms with van der Waals surface area (Å²) < 4.78 is 6.41. The largest absolute Gasteiger partial charge is 0.488 e. The SMILES string of the molecule is Cc1nc2nccc(-c3cc(Cl)cc(C)c3OC3CCCNC3)c2[nH]1. The number of fused-ring (bicyclic) bond motifs is 1. The number of pyridine rings is 1. The minimum Gasteiger partial charge on any atom is -0.488 e. The zero-order valence-corrected chi connectivity index (χ0v) is 15.2. The quantitative estimate of drug-likeness (QED) is 0.743. The summed E-state index contributed by atoms with van der Waals surface area (Å²) in [6.45, 7) is 5.90. The number of hydrogen-bond donors (Lipinski definition) is 2. The number of aryl methyl sites for hydroxylation is 2. The van der Waals surface area contributed by atoms with E-state index in [9.17, 15) is 0 Å². The fourth-order valence-electron chi connectivity index (χ4n) is 3.42. The number of ether oxygens (including phenoxy) is 1. The molecule has 3 aromatic rings. The fraction of sp³-hybridized carbons (Fsp3) is 0.368. The minimum absolute atomic E-state index is 0.174. The van der Waals surface area contributed by atoms with E-state index in [-0.39, 0.29) is 6.10 Å². The lowest BCUT2D eigenvalue weighted by Gasteiger charge is -2.26. The third-order valence-electron chi connectivity index (χ3n) is 4.58. The normalized spacial score (nSPS) is 17.8. The van der Waals surface area contributed by atoms with Gasteiger partial charge in [-0.05, 0) is 57.0 Å². The van der Waals surface area contributed by atoms with E-state index in [0.29, 0.717) is 10.7 Å². The van der Waals surface area contributed by atoms with Crippen LogP contribution in [0.25, 0.3) is 22.3 Å². The van der Waals surface area contributed by atoms with Crippen LogP contribution in [-0.2, 0) is 0 Å². The van der Waals surface area contributed by atoms with Crippen molar-refractivity contribution in [1.29, 1.82) is 0 Å². The first kappa shape index (κ1) is 16.4. The van der Waals surface area contributed by atoms with E-state index >= 15 is 0 Å². The van der Waals surface area contributed by atoms with Crippen molar-refractivity contribution in [2.75, 3.05) is 13.1 Å². The van der Waals surface area contributed by atoms with Crippen molar-refractivity contribution in [3.05, 3.63) is 40.8 Å². The summed E-state index contributed by atoms with van der Waals surface area (Å²) in [7, 11) is 0. The number of halogens is 1. The van der Waals surface area contributed by atoms with Gasteiger partial charge in [-0.1, -0.05) is 11.6 Å². The smallest absolute Gasteiger partial charge is 0.178 e. The van der Waals surface area contributed by atoms with Gasteiger partial charge in [0, 0.05) is 28.9 Å². The first-order valence-corrected chi connectivity index (χ1v) is 8.99. The van der Waals surface area contributed by atoms with Gasteiger partial charge in [0.1, 0.15) is 17.7 Å². The summed E-state index contributed by atoms with van der Waals surface area (Å²) in [5.74, 6) is 1.73. The van der Waals surface area contributed by atoms with Gasteiger partial charge in [-0.25, -0.2) is 9.97 Å². The Morgan fingerprint density at radius 2 is 2.12 bits per heavy atom. The summed E-state index contributed by atoms with van der Waals surface area (Å²) >= 11 is 6.36. The highest BCUT2D eigenvalue weighted by Crippen LogP contribution is 2.39. The zero-order valence-electron chi connectivity index (χ0n) is 14.4. The molecule has 0 saturated carbocycles. The van der Waals surface area contributed by atoms with Crippen LogP contribution in [0, 0.1) is 13.8 Å². The highest BCUT2D eigenvalue weighted by Gasteiger charge is 2.20. The molecule has 1 aromatic carbocycles. The summed E-state index contributed by atoms with van der Waals surface area (Å²) in [4.78, 5) is 12.1. The standard InChI is InChI=1S/C19H21ClN4O/c1-11-8-13(20)9-16(18(11)25-14-4-3-6-21-10-14)15-5-7-22-19-17(15)23-12(2)24-19/h5,7-9,14,21H,3-4,6,10H2,1-2H3,(H,22,23,24). The molecular formula is C19H21ClN4O. The van der Waals surface area contributed by atoms with Crippen LogP contribution >= 0.6 is 11.6 Å². The summed E-state index contributed by atoms with van der Waals surface area (Å²) in [5.41, 5.74) is 4.64. The molecule has 0 aliphatic carbocycles. The molecule has 1 aliphatic rings. The third kappa shape index (κ3) is 3.22. The predicted octanol–water partition coefficient (Wildman–Crippen LogP) is 4.03. The maximum atomic E-state index is 6.41. The van der Waals surface area contributed by atoms with E-state index in [4.69, 9.17) is 16.3 Å². The Morgan fingerprint density at radius 1 is 1.24 bits per heavy atom. The first-order valence-electron chi connectivity index (χ1n) is 8.61. The number of hydrogen-bond acceptors (Lipinski definition) is 4. The second-order valence-electron chi connectivity index (χ2n) is 6.56. The topological polar surface area (TPSA) is 62.8 Å². The average molecular weight is 357 g/mol. The lowest BCUT2D eigenvalue weighted by molar-refractivity contribution is 0.167. The molecule has 1 aliphatic heterocycles. The molecule has 1 saturated heterocycles. The molecule has 0 spiro atoms. The lowest BCUT2D eigenvalue weighted by Crippen LogP contribution is -2.37. The number of aromatic amines is 1. The van der Waals surface area contributed by atoms with Crippen molar-refractivity contribution in [2.24, 2.45) is 0 Å². The van der Waals surface area contributed by atoms with Crippen LogP contribution in [0.4, 0.5) is 0 Å². The first-order chi connectivity index (χ1) is 12.1. The Balaban J connectivity index is 1.84. The van der Waals surface area contributed by atoms with Crippen LogP contribution in [0.3, 0.4) is 0 Å². The van der Waals surface area contributed by atoms with Gasteiger partial charge in [-0.2, -0.15) is 0 Å². The van der Waals surface area contributed by atoms with Gasteiger partial charge in [0.2, 0.25) is 0 Å². The van der Waals surface area contributed by atoms with E-state index < -0.39 is 0 Å². The van der Waals surface area contributed by atoms with Crippen LogP contribution in [-0.4, -0.2) is 34.1 Å². The number of nitrogens with zero attached hydrogens (tertiary/aromatic N) is 2. The van der Waals surface area contributed by atoms with Gasteiger partial charge >= 0.3 is 0 Å². The fourth-order valence-corrected chi connectivity index (χ4v) is 3.70. The Labute approximate surface area is 151 Å². The Hall–Kier alpha value is -2.11. The van der Waals surface area contributed by atoms with E-state index in [0.717, 1.165) is 59.7 Å². The molecule has 4 rings (SSSR count). The Bertz CT molecular complexity index is 915. The van der Waals surface area contributed by atoms with Gasteiger partial charge in [0.25, 0.3) is 0 Å². The Kier molecular flexibility index (Phi) is 4.36. The molecule has 3 heterocycles. The van der Waals surface area contributed by atoms with Crippen molar-refractivity contribution >= 4 is 22.8 Å². The molecule has 2 N–H and O–H groups in total. The average Bonchev–Trinajstić information content (AvgIpc) is 2.98. The number of aromatic nitrogens is 3. The minimum atomic E-state index is 0.174. The molecule has 130 valence electrons. The number of nitrogens with one attached hydrogen (secondary N) is 2. The molecule has 1 atom stereocenters. The van der Waals surface area contributed by atoms with Crippen molar-refractivity contribution < 1.29 is 4.74 Å².